The van der Waals surface area contributed by atoms with Crippen LogP contribution in [0.25, 0.3) is 0 Å². The van der Waals surface area contributed by atoms with Crippen LogP contribution in [0.15, 0.2) is 0 Å². The van der Waals surface area contributed by atoms with Gasteiger partial charge in [-0.3, -0.25) is 0 Å². The van der Waals surface area contributed by atoms with Crippen molar-refractivity contribution in [2.75, 3.05) is 13.7 Å². The van der Waals surface area contributed by atoms with Gasteiger partial charge >= 0.3 is 41.7 Å². The average molecular weight is 323 g/mol. The Hall–Kier alpha value is -0.500. The van der Waals surface area contributed by atoms with Gasteiger partial charge in [0.25, 0.3) is 0 Å². The van der Waals surface area contributed by atoms with E-state index in [9.17, 15) is 30.0 Å². The van der Waals surface area contributed by atoms with E-state index in [1.54, 1.807) is 0 Å². The Morgan fingerprint density at radius 2 is 1.52 bits per heavy atom. The molecule has 0 saturated carbocycles. The molecule has 0 bridgehead atoms. The molecule has 2 amide bonds. The minimum atomic E-state index is -2.36. The van der Waals surface area contributed by atoms with Crippen LogP contribution >= 0.6 is 0 Å². The summed E-state index contributed by atoms with van der Waals surface area (Å²) in [5.41, 5.74) is 0. The van der Waals surface area contributed by atoms with Gasteiger partial charge in [0.1, 0.15) is 24.4 Å². The molecule has 7 N–H and O–H groups in total. The van der Waals surface area contributed by atoms with E-state index in [-0.39, 0.29) is 34.5 Å². The summed E-state index contributed by atoms with van der Waals surface area (Å²) < 4.78 is 4.12. The molecular formula is C9H18NNaO10. The third-order valence-corrected chi connectivity index (χ3v) is 2.36. The number of carbonyl (C=O) groups is 2. The molecule has 0 saturated heterocycles. The maximum absolute atomic E-state index is 11.1. The van der Waals surface area contributed by atoms with Crippen LogP contribution < -0.4 is 0 Å². The molecule has 0 spiro atoms. The summed E-state index contributed by atoms with van der Waals surface area (Å²) in [5, 5.41) is 63.3. The van der Waals surface area contributed by atoms with Crippen LogP contribution in [0.2, 0.25) is 0 Å². The Labute approximate surface area is 141 Å². The molecule has 120 valence electrons. The second-order valence-corrected chi connectivity index (χ2v) is 3.84. The van der Waals surface area contributed by atoms with Crippen molar-refractivity contribution in [1.29, 1.82) is 0 Å². The van der Waals surface area contributed by atoms with E-state index >= 15 is 0 Å². The van der Waals surface area contributed by atoms with Gasteiger partial charge in [0.15, 0.2) is 0 Å². The minimum absolute atomic E-state index is 0. The molecule has 0 aliphatic heterocycles. The number of rotatable bonds is 6. The summed E-state index contributed by atoms with van der Waals surface area (Å²) in [6.07, 6.45) is -13.8. The third-order valence-electron chi connectivity index (χ3n) is 2.36. The second-order valence-electron chi connectivity index (χ2n) is 3.84. The molecule has 0 aromatic heterocycles. The molecule has 0 radical (unpaired) electrons. The number of aliphatic hydroxyl groups is 6. The van der Waals surface area contributed by atoms with Crippen LogP contribution in [-0.2, 0) is 4.74 Å². The summed E-state index contributed by atoms with van der Waals surface area (Å²) in [4.78, 5) is 21.6. The van der Waals surface area contributed by atoms with Crippen LogP contribution in [0.5, 0.6) is 0 Å². The van der Waals surface area contributed by atoms with Gasteiger partial charge in [-0.1, -0.05) is 0 Å². The number of carbonyl (C=O) groups excluding carboxylic acids is 1. The Morgan fingerprint density at radius 1 is 1.05 bits per heavy atom. The molecule has 0 fully saturated rings. The van der Waals surface area contributed by atoms with Crippen LogP contribution in [0.4, 0.5) is 9.59 Å². The molecule has 0 aromatic carbocycles. The number of hydrogen-bond acceptors (Lipinski definition) is 9. The standard InChI is InChI=1S/C9H17NO10.Na.H/c1-10(8(17)18)9(19)20-7(16)6(15)5(14)4(13)3(12)2-11;;/h3-7,11-16H,2H2,1H3,(H,17,18);;/t3-,4-,5+,6+,7?;;/m1../s1. The fourth-order valence-corrected chi connectivity index (χ4v) is 1.04. The Balaban J connectivity index is 0. The van der Waals surface area contributed by atoms with Gasteiger partial charge in [-0.2, -0.15) is 0 Å². The predicted molar refractivity (Wildman–Crippen MR) is 66.5 cm³/mol. The van der Waals surface area contributed by atoms with E-state index in [2.05, 4.69) is 4.74 Å². The normalized spacial score (nSPS) is 17.7. The maximum atomic E-state index is 11.1. The zero-order chi connectivity index (χ0) is 16.0. The molecule has 12 heteroatoms. The summed E-state index contributed by atoms with van der Waals surface area (Å²) in [6.45, 7) is -0.928. The molecular weight excluding hydrogens is 305 g/mol. The van der Waals surface area contributed by atoms with Crippen molar-refractivity contribution >= 4 is 41.7 Å². The van der Waals surface area contributed by atoms with Gasteiger partial charge in [-0.05, 0) is 0 Å². The average Bonchev–Trinajstić information content (AvgIpc) is 2.42. The van der Waals surface area contributed by atoms with Crippen molar-refractivity contribution in [2.45, 2.75) is 30.7 Å². The van der Waals surface area contributed by atoms with Crippen LogP contribution in [0.3, 0.4) is 0 Å². The first-order valence-corrected chi connectivity index (χ1v) is 5.31. The topological polar surface area (TPSA) is 188 Å². The summed E-state index contributed by atoms with van der Waals surface area (Å²) >= 11 is 0. The molecule has 21 heavy (non-hydrogen) atoms. The Kier molecular flexibility index (Phi) is 11.1. The van der Waals surface area contributed by atoms with E-state index in [1.807, 2.05) is 0 Å². The van der Waals surface area contributed by atoms with Crippen molar-refractivity contribution in [3.8, 4) is 0 Å². The molecule has 11 nitrogen and oxygen atoms in total. The summed E-state index contributed by atoms with van der Waals surface area (Å²) in [5.74, 6) is 0. The zero-order valence-electron chi connectivity index (χ0n) is 10.4. The van der Waals surface area contributed by atoms with Crippen molar-refractivity contribution < 1.29 is 50.1 Å². The first kappa shape index (κ1) is 22.8. The molecule has 0 aliphatic carbocycles. The van der Waals surface area contributed by atoms with Crippen molar-refractivity contribution in [3.63, 3.8) is 0 Å². The number of hydrogen-bond donors (Lipinski definition) is 7. The third kappa shape index (κ3) is 6.86. The molecule has 0 rings (SSSR count). The van der Waals surface area contributed by atoms with Crippen molar-refractivity contribution in [1.82, 2.24) is 4.90 Å². The first-order valence-electron chi connectivity index (χ1n) is 5.31. The monoisotopic (exact) mass is 323 g/mol. The summed E-state index contributed by atoms with van der Waals surface area (Å²) in [7, 11) is 0.810. The van der Waals surface area contributed by atoms with Crippen molar-refractivity contribution in [2.24, 2.45) is 0 Å². The van der Waals surface area contributed by atoms with Crippen molar-refractivity contribution in [3.05, 3.63) is 0 Å². The Bertz CT molecular complexity index is 342. The number of amides is 2. The van der Waals surface area contributed by atoms with E-state index < -0.39 is 49.5 Å². The number of carboxylic acid groups (broad SMARTS) is 1. The molecule has 1 unspecified atom stereocenters. The Morgan fingerprint density at radius 3 is 1.90 bits per heavy atom. The van der Waals surface area contributed by atoms with E-state index in [0.29, 0.717) is 0 Å². The van der Waals surface area contributed by atoms with Gasteiger partial charge in [0, 0.05) is 7.05 Å². The van der Waals surface area contributed by atoms with E-state index in [1.165, 1.54) is 0 Å². The van der Waals surface area contributed by atoms with Gasteiger partial charge < -0.3 is 40.5 Å². The number of imide groups is 1. The molecule has 0 aromatic rings. The fraction of sp³-hybridized carbons (Fsp3) is 0.778. The summed E-state index contributed by atoms with van der Waals surface area (Å²) in [6, 6.07) is 0. The number of ether oxygens (including phenoxy) is 1. The zero-order valence-corrected chi connectivity index (χ0v) is 10.4. The van der Waals surface area contributed by atoms with Gasteiger partial charge in [-0.25, -0.2) is 14.5 Å². The van der Waals surface area contributed by atoms with E-state index in [0.717, 1.165) is 7.05 Å². The number of nitrogens with zero attached hydrogens (tertiary/aromatic N) is 1. The second kappa shape index (κ2) is 10.3. The molecule has 0 aliphatic rings. The van der Waals surface area contributed by atoms with Gasteiger partial charge in [-0.15, -0.1) is 0 Å². The first-order chi connectivity index (χ1) is 9.13. The number of aliphatic hydroxyl groups excluding tert-OH is 6. The molecule has 0 heterocycles. The quantitative estimate of drug-likeness (QED) is 0.187. The molecule has 5 atom stereocenters. The SMILES string of the molecule is CN(C(=O)O)C(=O)OC(O)[C@@H](O)[C@@H](O)[C@H](O)[C@H](O)CO.[NaH]. The fourth-order valence-electron chi connectivity index (χ4n) is 1.04. The van der Waals surface area contributed by atoms with Crippen LogP contribution in [-0.4, -0.2) is 127 Å². The predicted octanol–water partition coefficient (Wildman–Crippen LogP) is -4.16. The van der Waals surface area contributed by atoms with Gasteiger partial charge in [0.05, 0.1) is 6.61 Å². The van der Waals surface area contributed by atoms with E-state index in [4.69, 9.17) is 15.3 Å². The van der Waals surface area contributed by atoms with Gasteiger partial charge in [0.2, 0.25) is 6.29 Å². The van der Waals surface area contributed by atoms with Crippen LogP contribution in [0.1, 0.15) is 0 Å². The van der Waals surface area contributed by atoms with Crippen LogP contribution in [0, 0.1) is 0 Å².